The van der Waals surface area contributed by atoms with E-state index in [4.69, 9.17) is 0 Å². The van der Waals surface area contributed by atoms with Crippen LogP contribution in [0.25, 0.3) is 33.0 Å². The number of aromatic nitrogens is 2. The summed E-state index contributed by atoms with van der Waals surface area (Å²) in [5, 5.41) is 7.95. The van der Waals surface area contributed by atoms with E-state index in [1.54, 1.807) is 0 Å². The average Bonchev–Trinajstić information content (AvgIpc) is 3.36. The normalized spacial score (nSPS) is 16.7. The van der Waals surface area contributed by atoms with Crippen LogP contribution >= 0.6 is 0 Å². The first-order chi connectivity index (χ1) is 14.2. The van der Waals surface area contributed by atoms with Gasteiger partial charge in [-0.05, 0) is 17.0 Å². The second-order valence-corrected chi connectivity index (χ2v) is 7.51. The summed E-state index contributed by atoms with van der Waals surface area (Å²) in [6.45, 7) is 2.47. The smallest absolute Gasteiger partial charge is 0.259 e. The van der Waals surface area contributed by atoms with E-state index in [0.29, 0.717) is 11.1 Å². The Morgan fingerprint density at radius 3 is 2.62 bits per heavy atom. The predicted octanol–water partition coefficient (Wildman–Crippen LogP) is 2.79. The zero-order valence-corrected chi connectivity index (χ0v) is 15.6. The van der Waals surface area contributed by atoms with Crippen molar-refractivity contribution < 1.29 is 9.59 Å². The number of hydrogen-bond acceptors (Lipinski definition) is 3. The second-order valence-electron chi connectivity index (χ2n) is 7.51. The molecule has 4 aromatic rings. The first-order valence-electron chi connectivity index (χ1n) is 9.70. The molecule has 0 saturated carbocycles. The molecule has 4 heterocycles. The van der Waals surface area contributed by atoms with Gasteiger partial charge >= 0.3 is 0 Å². The van der Waals surface area contributed by atoms with Gasteiger partial charge in [-0.1, -0.05) is 36.4 Å². The summed E-state index contributed by atoms with van der Waals surface area (Å²) >= 11 is 0. The third-order valence-corrected chi connectivity index (χ3v) is 5.88. The van der Waals surface area contributed by atoms with Crippen LogP contribution in [0.1, 0.15) is 16.7 Å². The highest BCUT2D eigenvalue weighted by Gasteiger charge is 2.35. The number of fused-ring (bicyclic) bond motifs is 1. The summed E-state index contributed by atoms with van der Waals surface area (Å²) in [4.78, 5) is 29.0. The molecule has 2 aromatic carbocycles. The van der Waals surface area contributed by atoms with Gasteiger partial charge in [-0.3, -0.25) is 14.9 Å². The number of imide groups is 1. The molecular formula is C23H18N4O2. The van der Waals surface area contributed by atoms with E-state index in [1.807, 2.05) is 48.8 Å². The highest BCUT2D eigenvalue weighted by atomic mass is 16.2. The lowest BCUT2D eigenvalue weighted by atomic mass is 9.94. The second kappa shape index (κ2) is 5.93. The van der Waals surface area contributed by atoms with Crippen molar-refractivity contribution in [1.82, 2.24) is 20.2 Å². The Morgan fingerprint density at radius 2 is 1.72 bits per heavy atom. The van der Waals surface area contributed by atoms with Crippen LogP contribution < -0.4 is 10.6 Å². The molecule has 3 N–H and O–H groups in total. The minimum atomic E-state index is -0.349. The van der Waals surface area contributed by atoms with Crippen LogP contribution in [0.5, 0.6) is 0 Å². The molecule has 0 radical (unpaired) electrons. The molecular weight excluding hydrogens is 364 g/mol. The number of para-hydroxylation sites is 2. The molecule has 0 bridgehead atoms. The number of carbonyl (C=O) groups excluding carboxylic acids is 2. The largest absolute Gasteiger partial charge is 0.361 e. The average molecular weight is 382 g/mol. The van der Waals surface area contributed by atoms with Gasteiger partial charge in [-0.2, -0.15) is 0 Å². The molecule has 0 spiro atoms. The van der Waals surface area contributed by atoms with Crippen LogP contribution in [-0.2, 0) is 22.7 Å². The van der Waals surface area contributed by atoms with Crippen LogP contribution in [0.2, 0.25) is 0 Å². The van der Waals surface area contributed by atoms with Gasteiger partial charge < -0.3 is 14.9 Å². The van der Waals surface area contributed by atoms with E-state index in [9.17, 15) is 9.59 Å². The third-order valence-electron chi connectivity index (χ3n) is 5.88. The number of hydrogen-bond donors (Lipinski definition) is 3. The molecule has 2 aromatic heterocycles. The number of nitrogens with zero attached hydrogens (tertiary/aromatic N) is 1. The number of amides is 2. The molecule has 0 fully saturated rings. The highest BCUT2D eigenvalue weighted by molar-refractivity contribution is 6.50. The van der Waals surface area contributed by atoms with Gasteiger partial charge in [0.05, 0.1) is 22.2 Å². The van der Waals surface area contributed by atoms with Crippen LogP contribution in [0.4, 0.5) is 0 Å². The number of rotatable bonds is 2. The fourth-order valence-electron chi connectivity index (χ4n) is 4.64. The summed E-state index contributed by atoms with van der Waals surface area (Å²) < 4.78 is 2.19. The molecule has 6 heteroatoms. The van der Waals surface area contributed by atoms with E-state index in [2.05, 4.69) is 26.3 Å². The van der Waals surface area contributed by atoms with E-state index in [1.165, 1.54) is 5.56 Å². The molecule has 142 valence electrons. The Morgan fingerprint density at radius 1 is 0.897 bits per heavy atom. The lowest BCUT2D eigenvalue weighted by Gasteiger charge is -2.06. The van der Waals surface area contributed by atoms with Crippen molar-refractivity contribution in [2.24, 2.45) is 0 Å². The number of carbonyl (C=O) groups is 2. The maximum atomic E-state index is 12.9. The van der Waals surface area contributed by atoms with E-state index < -0.39 is 0 Å². The SMILES string of the molecule is O=C1NC(=O)C(c2cccc3cc[nH]c23)=C1c1cn2c3c(cccc13)CNCC2. The van der Waals surface area contributed by atoms with Crippen molar-refractivity contribution in [3.05, 3.63) is 71.5 Å². The summed E-state index contributed by atoms with van der Waals surface area (Å²) in [6.07, 6.45) is 3.86. The number of benzene rings is 2. The fourth-order valence-corrected chi connectivity index (χ4v) is 4.64. The molecule has 2 aliphatic heterocycles. The Bertz CT molecular complexity index is 1370. The quantitative estimate of drug-likeness (QED) is 0.467. The molecule has 0 aliphatic carbocycles. The van der Waals surface area contributed by atoms with Crippen LogP contribution in [0, 0.1) is 0 Å². The van der Waals surface area contributed by atoms with Crippen molar-refractivity contribution in [1.29, 1.82) is 0 Å². The Labute approximate surface area is 166 Å². The van der Waals surface area contributed by atoms with Crippen molar-refractivity contribution >= 4 is 44.8 Å². The van der Waals surface area contributed by atoms with E-state index >= 15 is 0 Å². The van der Waals surface area contributed by atoms with Crippen LogP contribution in [-0.4, -0.2) is 27.9 Å². The van der Waals surface area contributed by atoms with Crippen molar-refractivity contribution in [2.75, 3.05) is 6.54 Å². The van der Waals surface area contributed by atoms with Gasteiger partial charge in [0.2, 0.25) is 0 Å². The van der Waals surface area contributed by atoms with E-state index in [-0.39, 0.29) is 11.8 Å². The minimum Gasteiger partial charge on any atom is -0.361 e. The molecule has 2 aliphatic rings. The monoisotopic (exact) mass is 382 g/mol. The Kier molecular flexibility index (Phi) is 3.34. The molecule has 29 heavy (non-hydrogen) atoms. The summed E-state index contributed by atoms with van der Waals surface area (Å²) in [5.74, 6) is -0.689. The van der Waals surface area contributed by atoms with Crippen LogP contribution in [0.3, 0.4) is 0 Å². The zero-order valence-electron chi connectivity index (χ0n) is 15.6. The van der Waals surface area contributed by atoms with Crippen molar-refractivity contribution in [3.8, 4) is 0 Å². The first kappa shape index (κ1) is 16.3. The minimum absolute atomic E-state index is 0.340. The maximum Gasteiger partial charge on any atom is 0.259 e. The van der Waals surface area contributed by atoms with Gasteiger partial charge in [0.25, 0.3) is 11.8 Å². The third kappa shape index (κ3) is 2.26. The topological polar surface area (TPSA) is 78.9 Å². The van der Waals surface area contributed by atoms with Gasteiger partial charge in [0.15, 0.2) is 0 Å². The maximum absolute atomic E-state index is 12.9. The first-order valence-corrected chi connectivity index (χ1v) is 9.70. The lowest BCUT2D eigenvalue weighted by molar-refractivity contribution is -0.122. The number of nitrogens with one attached hydrogen (secondary N) is 3. The van der Waals surface area contributed by atoms with Gasteiger partial charge in [0.1, 0.15) is 0 Å². The van der Waals surface area contributed by atoms with E-state index in [0.717, 1.165) is 52.6 Å². The standard InChI is InChI=1S/C23H18N4O2/c28-22-18(16-6-1-3-13-7-8-25-20(13)16)19(23(29)26-22)17-12-27-10-9-24-11-14-4-2-5-15(17)21(14)27/h1-8,12,24-25H,9-11H2,(H,26,28,29). The molecule has 0 atom stereocenters. The molecule has 0 unspecified atom stereocenters. The van der Waals surface area contributed by atoms with Gasteiger partial charge in [0, 0.05) is 48.5 Å². The number of H-pyrrole nitrogens is 1. The zero-order chi connectivity index (χ0) is 19.5. The van der Waals surface area contributed by atoms with Crippen molar-refractivity contribution in [2.45, 2.75) is 13.1 Å². The lowest BCUT2D eigenvalue weighted by Crippen LogP contribution is -2.22. The molecule has 0 saturated heterocycles. The highest BCUT2D eigenvalue weighted by Crippen LogP contribution is 2.38. The molecule has 6 rings (SSSR count). The number of aromatic amines is 1. The van der Waals surface area contributed by atoms with Gasteiger partial charge in [-0.25, -0.2) is 0 Å². The fraction of sp³-hybridized carbons (Fsp3) is 0.130. The van der Waals surface area contributed by atoms with Crippen molar-refractivity contribution in [3.63, 3.8) is 0 Å². The van der Waals surface area contributed by atoms with Gasteiger partial charge in [-0.15, -0.1) is 0 Å². The Hall–Kier alpha value is -3.64. The molecule has 6 nitrogen and oxygen atoms in total. The summed E-state index contributed by atoms with van der Waals surface area (Å²) in [7, 11) is 0. The Balaban J connectivity index is 1.69. The van der Waals surface area contributed by atoms with Crippen LogP contribution in [0.15, 0.2) is 54.9 Å². The summed E-state index contributed by atoms with van der Waals surface area (Å²) in [5.41, 5.74) is 5.63. The molecule has 2 amide bonds. The summed E-state index contributed by atoms with van der Waals surface area (Å²) in [6, 6.07) is 13.9. The predicted molar refractivity (Wildman–Crippen MR) is 112 cm³/mol.